The van der Waals surface area contributed by atoms with Crippen molar-refractivity contribution in [1.29, 1.82) is 0 Å². The van der Waals surface area contributed by atoms with Gasteiger partial charge in [0.2, 0.25) is 15.0 Å². The van der Waals surface area contributed by atoms with Crippen molar-refractivity contribution in [1.82, 2.24) is 14.5 Å². The van der Waals surface area contributed by atoms with Gasteiger partial charge in [-0.1, -0.05) is 19.3 Å². The fourth-order valence-electron chi connectivity index (χ4n) is 3.92. The van der Waals surface area contributed by atoms with Gasteiger partial charge in [-0.15, -0.1) is 0 Å². The molecule has 0 spiro atoms. The number of ether oxygens (including phenoxy) is 1. The smallest absolute Gasteiger partial charge is 0.227 e. The van der Waals surface area contributed by atoms with E-state index in [1.54, 1.807) is 13.3 Å². The molecule has 1 aliphatic heterocycles. The van der Waals surface area contributed by atoms with Crippen molar-refractivity contribution in [3.05, 3.63) is 11.9 Å². The second kappa shape index (κ2) is 9.57. The standard InChI is InChI=1S/C18H31N3O3S2/c1-24-10-7-21-17(14-20-8-11-25-12-9-20)13-19-18(21)26(22,23)15-16-5-3-2-4-6-16/h13,16H,2-12,14-15H2,1H3. The van der Waals surface area contributed by atoms with Gasteiger partial charge in [-0.3, -0.25) is 4.90 Å². The van der Waals surface area contributed by atoms with Crippen LogP contribution in [0.1, 0.15) is 37.8 Å². The molecule has 1 saturated carbocycles. The van der Waals surface area contributed by atoms with Crippen molar-refractivity contribution in [2.75, 3.05) is 44.1 Å². The second-order valence-electron chi connectivity index (χ2n) is 7.35. The van der Waals surface area contributed by atoms with Gasteiger partial charge in [0.05, 0.1) is 24.3 Å². The van der Waals surface area contributed by atoms with Gasteiger partial charge in [-0.05, 0) is 18.8 Å². The molecule has 0 bridgehead atoms. The van der Waals surface area contributed by atoms with Crippen LogP contribution in [-0.4, -0.2) is 66.9 Å². The number of hydrogen-bond acceptors (Lipinski definition) is 6. The van der Waals surface area contributed by atoms with Gasteiger partial charge >= 0.3 is 0 Å². The molecule has 1 aromatic heterocycles. The monoisotopic (exact) mass is 401 g/mol. The van der Waals surface area contributed by atoms with Crippen LogP contribution in [0.3, 0.4) is 0 Å². The number of imidazole rings is 1. The molecule has 3 rings (SSSR count). The van der Waals surface area contributed by atoms with Gasteiger partial charge in [-0.2, -0.15) is 11.8 Å². The van der Waals surface area contributed by atoms with E-state index >= 15 is 0 Å². The summed E-state index contributed by atoms with van der Waals surface area (Å²) in [7, 11) is -1.72. The summed E-state index contributed by atoms with van der Waals surface area (Å²) in [5.41, 5.74) is 0.983. The molecular formula is C18H31N3O3S2. The molecule has 1 saturated heterocycles. The van der Waals surface area contributed by atoms with E-state index in [2.05, 4.69) is 9.88 Å². The molecular weight excluding hydrogens is 370 g/mol. The maximum Gasteiger partial charge on any atom is 0.227 e. The summed E-state index contributed by atoms with van der Waals surface area (Å²) < 4.78 is 33.2. The lowest BCUT2D eigenvalue weighted by molar-refractivity contribution is 0.181. The Morgan fingerprint density at radius 2 is 1.96 bits per heavy atom. The molecule has 0 N–H and O–H groups in total. The van der Waals surface area contributed by atoms with Crippen molar-refractivity contribution in [2.45, 2.75) is 50.4 Å². The highest BCUT2D eigenvalue weighted by molar-refractivity contribution is 7.99. The topological polar surface area (TPSA) is 64.4 Å². The lowest BCUT2D eigenvalue weighted by Gasteiger charge is -2.26. The van der Waals surface area contributed by atoms with Gasteiger partial charge in [0.15, 0.2) is 0 Å². The summed E-state index contributed by atoms with van der Waals surface area (Å²) in [5, 5.41) is 0.238. The Morgan fingerprint density at radius 1 is 1.23 bits per heavy atom. The fourth-order valence-corrected chi connectivity index (χ4v) is 6.75. The van der Waals surface area contributed by atoms with Gasteiger partial charge in [-0.25, -0.2) is 13.4 Å². The summed E-state index contributed by atoms with van der Waals surface area (Å²) >= 11 is 1.98. The minimum absolute atomic E-state index is 0.233. The largest absolute Gasteiger partial charge is 0.383 e. The van der Waals surface area contributed by atoms with Gasteiger partial charge in [0.1, 0.15) is 0 Å². The summed E-state index contributed by atoms with van der Waals surface area (Å²) in [6.45, 7) is 3.88. The lowest BCUT2D eigenvalue weighted by atomic mass is 9.91. The molecule has 8 heteroatoms. The average Bonchev–Trinajstić information content (AvgIpc) is 3.05. The first-order chi connectivity index (χ1) is 12.6. The van der Waals surface area contributed by atoms with Crippen molar-refractivity contribution in [2.24, 2.45) is 5.92 Å². The minimum atomic E-state index is -3.37. The summed E-state index contributed by atoms with van der Waals surface area (Å²) in [4.78, 5) is 6.74. The predicted molar refractivity (Wildman–Crippen MR) is 105 cm³/mol. The lowest BCUT2D eigenvalue weighted by Crippen LogP contribution is -2.33. The SMILES string of the molecule is COCCn1c(CN2CCSCC2)cnc1S(=O)(=O)CC1CCCCC1. The Hall–Kier alpha value is -0.570. The average molecular weight is 402 g/mol. The first-order valence-corrected chi connectivity index (χ1v) is 12.5. The molecule has 1 aromatic rings. The Bertz CT molecular complexity index is 663. The van der Waals surface area contributed by atoms with E-state index in [9.17, 15) is 8.42 Å². The highest BCUT2D eigenvalue weighted by Crippen LogP contribution is 2.27. The van der Waals surface area contributed by atoms with E-state index < -0.39 is 9.84 Å². The third-order valence-electron chi connectivity index (χ3n) is 5.37. The Balaban J connectivity index is 1.77. The van der Waals surface area contributed by atoms with E-state index in [1.807, 2.05) is 16.3 Å². The highest BCUT2D eigenvalue weighted by Gasteiger charge is 2.28. The Morgan fingerprint density at radius 3 is 2.65 bits per heavy atom. The van der Waals surface area contributed by atoms with Crippen LogP contribution >= 0.6 is 11.8 Å². The Kier molecular flexibility index (Phi) is 7.43. The number of rotatable bonds is 8. The number of sulfone groups is 1. The summed E-state index contributed by atoms with van der Waals surface area (Å²) in [5.74, 6) is 2.79. The number of aromatic nitrogens is 2. The zero-order valence-electron chi connectivity index (χ0n) is 15.7. The van der Waals surface area contributed by atoms with E-state index in [1.165, 1.54) is 6.42 Å². The Labute approximate surface area is 161 Å². The minimum Gasteiger partial charge on any atom is -0.383 e. The van der Waals surface area contributed by atoms with Crippen LogP contribution in [0, 0.1) is 5.92 Å². The van der Waals surface area contributed by atoms with Crippen LogP contribution in [0.15, 0.2) is 11.4 Å². The molecule has 0 radical (unpaired) electrons. The number of hydrogen-bond donors (Lipinski definition) is 0. The molecule has 148 valence electrons. The van der Waals surface area contributed by atoms with Crippen LogP contribution in [-0.2, 0) is 27.7 Å². The highest BCUT2D eigenvalue weighted by atomic mass is 32.2. The summed E-state index contributed by atoms with van der Waals surface area (Å²) in [6, 6.07) is 0. The molecule has 0 unspecified atom stereocenters. The molecule has 0 amide bonds. The second-order valence-corrected chi connectivity index (χ2v) is 10.5. The first-order valence-electron chi connectivity index (χ1n) is 9.66. The van der Waals surface area contributed by atoms with Gasteiger partial charge in [0.25, 0.3) is 0 Å². The maximum absolute atomic E-state index is 13.0. The van der Waals surface area contributed by atoms with Crippen LogP contribution in [0.5, 0.6) is 0 Å². The van der Waals surface area contributed by atoms with Crippen molar-refractivity contribution < 1.29 is 13.2 Å². The normalized spacial score (nSPS) is 20.5. The number of nitrogens with zero attached hydrogens (tertiary/aromatic N) is 3. The number of methoxy groups -OCH3 is 1. The van der Waals surface area contributed by atoms with Crippen LogP contribution in [0.2, 0.25) is 0 Å². The maximum atomic E-state index is 13.0. The van der Waals surface area contributed by atoms with E-state index in [0.717, 1.165) is 62.5 Å². The molecule has 6 nitrogen and oxygen atoms in total. The number of thioether (sulfide) groups is 1. The molecule has 2 aliphatic rings. The van der Waals surface area contributed by atoms with Gasteiger partial charge in [0, 0.05) is 44.8 Å². The third kappa shape index (κ3) is 5.24. The summed E-state index contributed by atoms with van der Waals surface area (Å²) in [6.07, 6.45) is 7.34. The molecule has 2 heterocycles. The zero-order chi connectivity index (χ0) is 18.4. The quantitative estimate of drug-likeness (QED) is 0.667. The van der Waals surface area contributed by atoms with E-state index in [-0.39, 0.29) is 16.8 Å². The molecule has 26 heavy (non-hydrogen) atoms. The molecule has 0 aromatic carbocycles. The van der Waals surface area contributed by atoms with Crippen LogP contribution < -0.4 is 0 Å². The third-order valence-corrected chi connectivity index (χ3v) is 8.10. The van der Waals surface area contributed by atoms with Crippen molar-refractivity contribution >= 4 is 21.6 Å². The predicted octanol–water partition coefficient (Wildman–Crippen LogP) is 2.43. The van der Waals surface area contributed by atoms with Crippen molar-refractivity contribution in [3.63, 3.8) is 0 Å². The van der Waals surface area contributed by atoms with Crippen molar-refractivity contribution in [3.8, 4) is 0 Å². The molecule has 0 atom stereocenters. The molecule has 1 aliphatic carbocycles. The van der Waals surface area contributed by atoms with Crippen LogP contribution in [0.4, 0.5) is 0 Å². The molecule has 2 fully saturated rings. The van der Waals surface area contributed by atoms with Gasteiger partial charge < -0.3 is 9.30 Å². The zero-order valence-corrected chi connectivity index (χ0v) is 17.4. The first kappa shape index (κ1) is 20.2. The van der Waals surface area contributed by atoms with Crippen LogP contribution in [0.25, 0.3) is 0 Å². The van der Waals surface area contributed by atoms with E-state index in [0.29, 0.717) is 13.2 Å². The van der Waals surface area contributed by atoms with E-state index in [4.69, 9.17) is 4.74 Å². The fraction of sp³-hybridized carbons (Fsp3) is 0.833.